The molecule has 2 aromatic rings. The molecule has 0 N–H and O–H groups in total. The Bertz CT molecular complexity index is 740. The van der Waals surface area contributed by atoms with Crippen molar-refractivity contribution in [3.8, 4) is 0 Å². The lowest BCUT2D eigenvalue weighted by Crippen LogP contribution is -2.19. The number of anilines is 2. The summed E-state index contributed by atoms with van der Waals surface area (Å²) < 4.78 is 0. The second-order valence-corrected chi connectivity index (χ2v) is 5.52. The molecule has 0 aromatic heterocycles. The standard InChI is InChI=1S/C17H13NOS/c1-2-18-14-7-3-4-8-16(14)20-17-12-13(6-5-11-19)9-10-15(17)18/h3-4,6-10,12H,2H2,1H3. The fourth-order valence-electron chi connectivity index (χ4n) is 2.39. The summed E-state index contributed by atoms with van der Waals surface area (Å²) in [6.45, 7) is 3.08. The zero-order chi connectivity index (χ0) is 13.9. The van der Waals surface area contributed by atoms with E-state index in [1.807, 2.05) is 6.07 Å². The molecule has 3 rings (SSSR count). The molecule has 2 aromatic carbocycles. The molecule has 0 unspecified atom stereocenters. The Balaban J connectivity index is 2.12. The van der Waals surface area contributed by atoms with Crippen LogP contribution in [-0.2, 0) is 4.79 Å². The Morgan fingerprint density at radius 1 is 1.15 bits per heavy atom. The molecule has 0 fully saturated rings. The smallest absolute Gasteiger partial charge is 0.177 e. The minimum atomic E-state index is 0.925. The molecule has 3 heteroatoms. The van der Waals surface area contributed by atoms with Gasteiger partial charge in [-0.3, -0.25) is 0 Å². The maximum atomic E-state index is 10.2. The molecule has 1 aliphatic rings. The van der Waals surface area contributed by atoms with Crippen molar-refractivity contribution in [2.45, 2.75) is 16.7 Å². The summed E-state index contributed by atoms with van der Waals surface area (Å²) in [5.74, 6) is 1.66. The number of rotatable bonds is 2. The van der Waals surface area contributed by atoms with E-state index in [-0.39, 0.29) is 0 Å². The van der Waals surface area contributed by atoms with Gasteiger partial charge in [-0.05, 0) is 48.6 Å². The first kappa shape index (κ1) is 12.8. The van der Waals surface area contributed by atoms with Gasteiger partial charge in [0.15, 0.2) is 5.94 Å². The molecule has 0 bridgehead atoms. The zero-order valence-corrected chi connectivity index (χ0v) is 11.9. The monoisotopic (exact) mass is 279 g/mol. The zero-order valence-electron chi connectivity index (χ0n) is 11.1. The Morgan fingerprint density at radius 3 is 2.75 bits per heavy atom. The van der Waals surface area contributed by atoms with E-state index in [4.69, 9.17) is 0 Å². The minimum absolute atomic E-state index is 0.925. The number of hydrogen-bond donors (Lipinski definition) is 0. The van der Waals surface area contributed by atoms with Crippen molar-refractivity contribution < 1.29 is 4.79 Å². The van der Waals surface area contributed by atoms with Gasteiger partial charge in [0.1, 0.15) is 0 Å². The summed E-state index contributed by atoms with van der Waals surface area (Å²) in [6, 6.07) is 14.6. The largest absolute Gasteiger partial charge is 0.340 e. The molecule has 98 valence electrons. The Morgan fingerprint density at radius 2 is 1.95 bits per heavy atom. The number of para-hydroxylation sites is 1. The SMILES string of the molecule is CCN1c2ccccc2Sc2cc(C=C=C=O)ccc21. The van der Waals surface area contributed by atoms with E-state index < -0.39 is 0 Å². The van der Waals surface area contributed by atoms with E-state index in [1.165, 1.54) is 21.2 Å². The van der Waals surface area contributed by atoms with E-state index in [2.05, 4.69) is 54.0 Å². The highest BCUT2D eigenvalue weighted by molar-refractivity contribution is 7.99. The summed E-state index contributed by atoms with van der Waals surface area (Å²) in [5, 5.41) is 0. The summed E-state index contributed by atoms with van der Waals surface area (Å²) in [5.41, 5.74) is 5.89. The van der Waals surface area contributed by atoms with Gasteiger partial charge in [-0.15, -0.1) is 0 Å². The van der Waals surface area contributed by atoms with E-state index in [0.29, 0.717) is 0 Å². The van der Waals surface area contributed by atoms with Gasteiger partial charge in [0.25, 0.3) is 0 Å². The van der Waals surface area contributed by atoms with Crippen LogP contribution in [0.1, 0.15) is 12.5 Å². The van der Waals surface area contributed by atoms with Gasteiger partial charge in [-0.1, -0.05) is 30.0 Å². The summed E-state index contributed by atoms with van der Waals surface area (Å²) in [4.78, 5) is 15.0. The van der Waals surface area contributed by atoms with Crippen molar-refractivity contribution in [3.63, 3.8) is 0 Å². The molecule has 2 nitrogen and oxygen atoms in total. The van der Waals surface area contributed by atoms with Gasteiger partial charge in [0.05, 0.1) is 11.4 Å². The molecule has 0 saturated heterocycles. The molecule has 20 heavy (non-hydrogen) atoms. The van der Waals surface area contributed by atoms with Crippen molar-refractivity contribution in [1.29, 1.82) is 0 Å². The third-order valence-corrected chi connectivity index (χ3v) is 4.38. The first-order chi connectivity index (χ1) is 9.83. The van der Waals surface area contributed by atoms with Crippen LogP contribution in [0.4, 0.5) is 11.4 Å². The molecule has 0 atom stereocenters. The first-order valence-electron chi connectivity index (χ1n) is 6.48. The number of benzene rings is 2. The number of carbonyl (C=O) groups excluding carboxylic acids is 1. The van der Waals surface area contributed by atoms with Crippen molar-refractivity contribution in [1.82, 2.24) is 0 Å². The molecule has 0 spiro atoms. The third-order valence-electron chi connectivity index (χ3n) is 3.26. The molecular formula is C17H13NOS. The Hall–Kier alpha value is -2.18. The van der Waals surface area contributed by atoms with Crippen LogP contribution in [0.25, 0.3) is 6.08 Å². The van der Waals surface area contributed by atoms with Crippen molar-refractivity contribution in [2.24, 2.45) is 0 Å². The van der Waals surface area contributed by atoms with E-state index in [9.17, 15) is 4.79 Å². The summed E-state index contributed by atoms with van der Waals surface area (Å²) >= 11 is 1.76. The van der Waals surface area contributed by atoms with Gasteiger partial charge in [-0.25, -0.2) is 4.79 Å². The van der Waals surface area contributed by atoms with Gasteiger partial charge in [-0.2, -0.15) is 0 Å². The molecule has 0 saturated carbocycles. The van der Waals surface area contributed by atoms with Crippen molar-refractivity contribution >= 4 is 35.2 Å². The van der Waals surface area contributed by atoms with Crippen molar-refractivity contribution in [3.05, 3.63) is 53.8 Å². The van der Waals surface area contributed by atoms with Crippen LogP contribution < -0.4 is 4.90 Å². The van der Waals surface area contributed by atoms with E-state index in [0.717, 1.165) is 12.1 Å². The lowest BCUT2D eigenvalue weighted by molar-refractivity contribution is 0.569. The highest BCUT2D eigenvalue weighted by Crippen LogP contribution is 2.48. The van der Waals surface area contributed by atoms with Gasteiger partial charge in [0, 0.05) is 16.3 Å². The molecule has 0 amide bonds. The van der Waals surface area contributed by atoms with Crippen LogP contribution in [0.3, 0.4) is 0 Å². The summed E-state index contributed by atoms with van der Waals surface area (Å²) in [6.07, 6.45) is 1.66. The maximum absolute atomic E-state index is 10.2. The van der Waals surface area contributed by atoms with Crippen LogP contribution >= 0.6 is 11.8 Å². The molecule has 1 aliphatic heterocycles. The highest BCUT2D eigenvalue weighted by Gasteiger charge is 2.21. The fourth-order valence-corrected chi connectivity index (χ4v) is 3.54. The lowest BCUT2D eigenvalue weighted by Gasteiger charge is -2.32. The van der Waals surface area contributed by atoms with Crippen LogP contribution in [0.2, 0.25) is 0 Å². The molecule has 1 heterocycles. The fraction of sp³-hybridized carbons (Fsp3) is 0.118. The molecule has 0 radical (unpaired) electrons. The number of nitrogens with zero attached hydrogens (tertiary/aromatic N) is 1. The average molecular weight is 279 g/mol. The van der Waals surface area contributed by atoms with Crippen LogP contribution in [0.15, 0.2) is 58.0 Å². The number of fused-ring (bicyclic) bond motifs is 2. The predicted molar refractivity (Wildman–Crippen MR) is 83.4 cm³/mol. The lowest BCUT2D eigenvalue weighted by atomic mass is 10.1. The predicted octanol–water partition coefficient (Wildman–Crippen LogP) is 4.31. The summed E-state index contributed by atoms with van der Waals surface area (Å²) in [7, 11) is 0. The van der Waals surface area contributed by atoms with Crippen molar-refractivity contribution in [2.75, 3.05) is 11.4 Å². The highest BCUT2D eigenvalue weighted by atomic mass is 32.2. The van der Waals surface area contributed by atoms with Gasteiger partial charge in [0.2, 0.25) is 0 Å². The Kier molecular flexibility index (Phi) is 3.49. The second-order valence-electron chi connectivity index (χ2n) is 4.43. The van der Waals surface area contributed by atoms with E-state index >= 15 is 0 Å². The van der Waals surface area contributed by atoms with Gasteiger partial charge < -0.3 is 4.90 Å². The molecule has 0 aliphatic carbocycles. The van der Waals surface area contributed by atoms with Crippen LogP contribution in [-0.4, -0.2) is 12.5 Å². The van der Waals surface area contributed by atoms with Crippen LogP contribution in [0.5, 0.6) is 0 Å². The first-order valence-corrected chi connectivity index (χ1v) is 7.29. The number of hydrogen-bond acceptors (Lipinski definition) is 3. The average Bonchev–Trinajstić information content (AvgIpc) is 2.50. The molecular weight excluding hydrogens is 266 g/mol. The topological polar surface area (TPSA) is 20.3 Å². The Labute approximate surface area is 122 Å². The minimum Gasteiger partial charge on any atom is -0.340 e. The van der Waals surface area contributed by atoms with Gasteiger partial charge >= 0.3 is 0 Å². The van der Waals surface area contributed by atoms with Crippen LogP contribution in [0, 0.1) is 0 Å². The third kappa shape index (κ3) is 2.19. The quantitative estimate of drug-likeness (QED) is 0.603. The van der Waals surface area contributed by atoms with E-state index in [1.54, 1.807) is 23.8 Å². The second kappa shape index (κ2) is 5.44. The maximum Gasteiger partial charge on any atom is 0.177 e. The normalized spacial score (nSPS) is 11.9.